The monoisotopic (exact) mass is 307 g/mol. The number of carbonyl (C=O) groups is 1. The molecular formula is C16H22ClN3O. The highest BCUT2D eigenvalue weighted by atomic mass is 35.5. The van der Waals surface area contributed by atoms with Gasteiger partial charge in [0.15, 0.2) is 0 Å². The van der Waals surface area contributed by atoms with Crippen molar-refractivity contribution < 1.29 is 4.79 Å². The number of urea groups is 1. The molecule has 1 N–H and O–H groups in total. The van der Waals surface area contributed by atoms with Crippen LogP contribution in [0.4, 0.5) is 4.79 Å². The fourth-order valence-electron chi connectivity index (χ4n) is 3.37. The molecule has 1 aromatic rings. The summed E-state index contributed by atoms with van der Waals surface area (Å²) >= 11 is 5.95. The van der Waals surface area contributed by atoms with Gasteiger partial charge < -0.3 is 10.2 Å². The summed E-state index contributed by atoms with van der Waals surface area (Å²) in [6, 6.07) is 9.03. The molecule has 0 aliphatic carbocycles. The van der Waals surface area contributed by atoms with Crippen molar-refractivity contribution in [3.05, 3.63) is 34.9 Å². The molecule has 21 heavy (non-hydrogen) atoms. The second-order valence-corrected chi connectivity index (χ2v) is 6.36. The maximum atomic E-state index is 11.7. The van der Waals surface area contributed by atoms with Gasteiger partial charge in [0.1, 0.15) is 0 Å². The van der Waals surface area contributed by atoms with E-state index in [0.29, 0.717) is 12.1 Å². The van der Waals surface area contributed by atoms with Crippen LogP contribution >= 0.6 is 11.6 Å². The SMILES string of the molecule is CC(c1ccc(Cl)cc1)N1CCC(N2CCNC2=O)CC1. The number of hydrogen-bond acceptors (Lipinski definition) is 2. The Balaban J connectivity index is 1.57. The standard InChI is InChI=1S/C16H22ClN3O/c1-12(13-2-4-14(17)5-3-13)19-9-6-15(7-10-19)20-11-8-18-16(20)21/h2-5,12,15H,6-11H2,1H3,(H,18,21). The van der Waals surface area contributed by atoms with Gasteiger partial charge in [0.2, 0.25) is 0 Å². The lowest BCUT2D eigenvalue weighted by atomic mass is 9.99. The van der Waals surface area contributed by atoms with Crippen molar-refractivity contribution in [2.24, 2.45) is 0 Å². The maximum absolute atomic E-state index is 11.7. The Hall–Kier alpha value is -1.26. The molecule has 1 atom stereocenters. The number of hydrogen-bond donors (Lipinski definition) is 1. The average molecular weight is 308 g/mol. The van der Waals surface area contributed by atoms with Crippen molar-refractivity contribution >= 4 is 17.6 Å². The molecular weight excluding hydrogens is 286 g/mol. The summed E-state index contributed by atoms with van der Waals surface area (Å²) in [6.45, 7) is 5.97. The van der Waals surface area contributed by atoms with E-state index in [4.69, 9.17) is 11.6 Å². The second kappa shape index (κ2) is 6.24. The van der Waals surface area contributed by atoms with Gasteiger partial charge in [-0.1, -0.05) is 23.7 Å². The van der Waals surface area contributed by atoms with Gasteiger partial charge in [-0.15, -0.1) is 0 Å². The van der Waals surface area contributed by atoms with Crippen LogP contribution in [0.5, 0.6) is 0 Å². The molecule has 1 aromatic carbocycles. The van der Waals surface area contributed by atoms with E-state index >= 15 is 0 Å². The molecule has 0 aromatic heterocycles. The molecule has 0 saturated carbocycles. The zero-order valence-electron chi connectivity index (χ0n) is 12.4. The van der Waals surface area contributed by atoms with Crippen LogP contribution in [0.1, 0.15) is 31.4 Å². The molecule has 0 bridgehead atoms. The smallest absolute Gasteiger partial charge is 0.317 e. The molecule has 0 spiro atoms. The Morgan fingerprint density at radius 1 is 1.19 bits per heavy atom. The van der Waals surface area contributed by atoms with Crippen molar-refractivity contribution in [1.82, 2.24) is 15.1 Å². The summed E-state index contributed by atoms with van der Waals surface area (Å²) in [5.41, 5.74) is 1.30. The number of nitrogens with zero attached hydrogens (tertiary/aromatic N) is 2. The average Bonchev–Trinajstić information content (AvgIpc) is 2.94. The van der Waals surface area contributed by atoms with Gasteiger partial charge >= 0.3 is 6.03 Å². The summed E-state index contributed by atoms with van der Waals surface area (Å²) in [7, 11) is 0. The Morgan fingerprint density at radius 2 is 1.86 bits per heavy atom. The fourth-order valence-corrected chi connectivity index (χ4v) is 3.50. The Morgan fingerprint density at radius 3 is 2.43 bits per heavy atom. The van der Waals surface area contributed by atoms with Crippen molar-refractivity contribution in [1.29, 1.82) is 0 Å². The molecule has 4 nitrogen and oxygen atoms in total. The van der Waals surface area contributed by atoms with Crippen LogP contribution < -0.4 is 5.32 Å². The topological polar surface area (TPSA) is 35.6 Å². The van der Waals surface area contributed by atoms with Crippen LogP contribution in [-0.2, 0) is 0 Å². The van der Waals surface area contributed by atoms with E-state index in [2.05, 4.69) is 29.3 Å². The Bertz CT molecular complexity index is 497. The number of likely N-dealkylation sites (tertiary alicyclic amines) is 1. The van der Waals surface area contributed by atoms with Crippen molar-refractivity contribution in [3.8, 4) is 0 Å². The summed E-state index contributed by atoms with van der Waals surface area (Å²) in [6.07, 6.45) is 2.12. The van der Waals surface area contributed by atoms with E-state index in [1.54, 1.807) is 0 Å². The summed E-state index contributed by atoms with van der Waals surface area (Å²) in [4.78, 5) is 16.2. The molecule has 3 rings (SSSR count). The van der Waals surface area contributed by atoms with Gasteiger partial charge in [-0.25, -0.2) is 4.79 Å². The number of amides is 2. The number of benzene rings is 1. The lowest BCUT2D eigenvalue weighted by molar-refractivity contribution is 0.111. The highest BCUT2D eigenvalue weighted by Crippen LogP contribution is 2.27. The highest BCUT2D eigenvalue weighted by molar-refractivity contribution is 6.30. The van der Waals surface area contributed by atoms with Gasteiger partial charge in [-0.3, -0.25) is 4.90 Å². The summed E-state index contributed by atoms with van der Waals surface area (Å²) in [5, 5.41) is 3.68. The Labute approximate surface area is 131 Å². The van der Waals surface area contributed by atoms with E-state index in [-0.39, 0.29) is 6.03 Å². The molecule has 2 amide bonds. The summed E-state index contributed by atoms with van der Waals surface area (Å²) < 4.78 is 0. The summed E-state index contributed by atoms with van der Waals surface area (Å²) in [5.74, 6) is 0. The van der Waals surface area contributed by atoms with E-state index in [1.165, 1.54) is 5.56 Å². The van der Waals surface area contributed by atoms with E-state index in [1.807, 2.05) is 17.0 Å². The molecule has 114 valence electrons. The van der Waals surface area contributed by atoms with Gasteiger partial charge in [-0.05, 0) is 37.5 Å². The first kappa shape index (κ1) is 14.7. The number of piperidine rings is 1. The Kier molecular flexibility index (Phi) is 4.36. The molecule has 2 heterocycles. The number of nitrogens with one attached hydrogen (secondary N) is 1. The van der Waals surface area contributed by atoms with E-state index < -0.39 is 0 Å². The van der Waals surface area contributed by atoms with E-state index in [9.17, 15) is 4.79 Å². The largest absolute Gasteiger partial charge is 0.336 e. The van der Waals surface area contributed by atoms with Crippen LogP contribution in [0, 0.1) is 0 Å². The molecule has 2 aliphatic heterocycles. The van der Waals surface area contributed by atoms with Gasteiger partial charge in [-0.2, -0.15) is 0 Å². The van der Waals surface area contributed by atoms with Crippen molar-refractivity contribution in [2.75, 3.05) is 26.2 Å². The fraction of sp³-hybridized carbons (Fsp3) is 0.562. The molecule has 2 fully saturated rings. The van der Waals surface area contributed by atoms with Crippen LogP contribution in [-0.4, -0.2) is 48.1 Å². The molecule has 0 radical (unpaired) electrons. The maximum Gasteiger partial charge on any atom is 0.317 e. The zero-order valence-corrected chi connectivity index (χ0v) is 13.1. The van der Waals surface area contributed by atoms with Gasteiger partial charge in [0.25, 0.3) is 0 Å². The first-order valence-electron chi connectivity index (χ1n) is 7.69. The van der Waals surface area contributed by atoms with Crippen molar-refractivity contribution in [2.45, 2.75) is 31.8 Å². The first-order chi connectivity index (χ1) is 10.1. The third-order valence-corrected chi connectivity index (χ3v) is 4.98. The number of carbonyl (C=O) groups excluding carboxylic acids is 1. The molecule has 2 saturated heterocycles. The predicted octanol–water partition coefficient (Wildman–Crippen LogP) is 2.89. The first-order valence-corrected chi connectivity index (χ1v) is 8.07. The number of rotatable bonds is 3. The quantitative estimate of drug-likeness (QED) is 0.932. The third kappa shape index (κ3) is 3.16. The van der Waals surface area contributed by atoms with Gasteiger partial charge in [0.05, 0.1) is 0 Å². The van der Waals surface area contributed by atoms with Crippen LogP contribution in [0.25, 0.3) is 0 Å². The molecule has 2 aliphatic rings. The minimum Gasteiger partial charge on any atom is -0.336 e. The lowest BCUT2D eigenvalue weighted by Crippen LogP contribution is -2.46. The van der Waals surface area contributed by atoms with E-state index in [0.717, 1.165) is 44.0 Å². The number of halogens is 1. The third-order valence-electron chi connectivity index (χ3n) is 4.73. The van der Waals surface area contributed by atoms with Gasteiger partial charge in [0, 0.05) is 43.3 Å². The van der Waals surface area contributed by atoms with Crippen molar-refractivity contribution in [3.63, 3.8) is 0 Å². The minimum atomic E-state index is 0.110. The minimum absolute atomic E-state index is 0.110. The normalized spacial score (nSPS) is 22.4. The predicted molar refractivity (Wildman–Crippen MR) is 84.6 cm³/mol. The van der Waals surface area contributed by atoms with Crippen LogP contribution in [0.15, 0.2) is 24.3 Å². The zero-order chi connectivity index (χ0) is 14.8. The van der Waals surface area contributed by atoms with Crippen LogP contribution in [0.2, 0.25) is 5.02 Å². The second-order valence-electron chi connectivity index (χ2n) is 5.92. The lowest BCUT2D eigenvalue weighted by Gasteiger charge is -2.39. The van der Waals surface area contributed by atoms with Crippen LogP contribution in [0.3, 0.4) is 0 Å². The molecule has 1 unspecified atom stereocenters. The highest BCUT2D eigenvalue weighted by Gasteiger charge is 2.31. The molecule has 5 heteroatoms.